The van der Waals surface area contributed by atoms with Crippen LogP contribution in [0.1, 0.15) is 38.7 Å². The highest BCUT2D eigenvalue weighted by Crippen LogP contribution is 2.10. The number of ether oxygens (including phenoxy) is 1. The lowest BCUT2D eigenvalue weighted by Crippen LogP contribution is -2.35. The molecule has 3 heteroatoms. The van der Waals surface area contributed by atoms with Crippen molar-refractivity contribution in [3.63, 3.8) is 0 Å². The topological polar surface area (TPSA) is 32.7 Å². The van der Waals surface area contributed by atoms with Crippen molar-refractivity contribution in [2.75, 3.05) is 26.3 Å². The fraction of sp³-hybridized carbons (Fsp3) is 0.647. The minimum atomic E-state index is 0.194. The summed E-state index contributed by atoms with van der Waals surface area (Å²) < 4.78 is 5.84. The van der Waals surface area contributed by atoms with Gasteiger partial charge in [0, 0.05) is 26.2 Å². The van der Waals surface area contributed by atoms with Crippen molar-refractivity contribution in [1.29, 1.82) is 0 Å². The van der Waals surface area contributed by atoms with Crippen LogP contribution in [-0.4, -0.2) is 42.4 Å². The molecule has 0 saturated heterocycles. The van der Waals surface area contributed by atoms with E-state index in [1.165, 1.54) is 18.4 Å². The summed E-state index contributed by atoms with van der Waals surface area (Å²) in [5.41, 5.74) is 1.28. The van der Waals surface area contributed by atoms with Gasteiger partial charge in [0.15, 0.2) is 0 Å². The third kappa shape index (κ3) is 7.04. The van der Waals surface area contributed by atoms with E-state index >= 15 is 0 Å². The van der Waals surface area contributed by atoms with E-state index in [1.54, 1.807) is 0 Å². The Kier molecular flexibility index (Phi) is 9.29. The molecule has 0 aliphatic heterocycles. The fourth-order valence-corrected chi connectivity index (χ4v) is 2.40. The van der Waals surface area contributed by atoms with Gasteiger partial charge in [0.05, 0.1) is 12.7 Å². The Hall–Kier alpha value is -0.900. The van der Waals surface area contributed by atoms with Crippen molar-refractivity contribution in [3.8, 4) is 0 Å². The molecule has 0 aliphatic rings. The third-order valence-electron chi connectivity index (χ3n) is 3.41. The van der Waals surface area contributed by atoms with Crippen molar-refractivity contribution < 1.29 is 9.84 Å². The number of rotatable bonds is 11. The summed E-state index contributed by atoms with van der Waals surface area (Å²) in [5, 5.41) is 9.25. The molecule has 0 heterocycles. The van der Waals surface area contributed by atoms with Crippen molar-refractivity contribution >= 4 is 0 Å². The first-order valence-electron chi connectivity index (χ1n) is 7.78. The molecule has 0 bridgehead atoms. The second-order valence-corrected chi connectivity index (χ2v) is 5.16. The maximum Gasteiger partial charge on any atom is 0.0702 e. The molecule has 1 N–H and O–H groups in total. The highest BCUT2D eigenvalue weighted by molar-refractivity contribution is 5.14. The van der Waals surface area contributed by atoms with Crippen LogP contribution in [0.3, 0.4) is 0 Å². The van der Waals surface area contributed by atoms with Crippen LogP contribution < -0.4 is 0 Å². The zero-order valence-corrected chi connectivity index (χ0v) is 12.9. The van der Waals surface area contributed by atoms with Gasteiger partial charge >= 0.3 is 0 Å². The second kappa shape index (κ2) is 10.8. The molecule has 0 aromatic heterocycles. The number of nitrogens with zero attached hydrogens (tertiary/aromatic N) is 1. The van der Waals surface area contributed by atoms with Crippen LogP contribution in [0.15, 0.2) is 30.3 Å². The summed E-state index contributed by atoms with van der Waals surface area (Å²) in [6, 6.07) is 10.4. The van der Waals surface area contributed by atoms with Gasteiger partial charge < -0.3 is 9.84 Å². The lowest BCUT2D eigenvalue weighted by atomic mass is 10.1. The van der Waals surface area contributed by atoms with E-state index in [2.05, 4.69) is 36.1 Å². The Balaban J connectivity index is 2.54. The highest BCUT2D eigenvalue weighted by Gasteiger charge is 2.14. The zero-order chi connectivity index (χ0) is 14.6. The summed E-state index contributed by atoms with van der Waals surface area (Å²) in [4.78, 5) is 2.28. The minimum Gasteiger partial charge on any atom is -0.395 e. The van der Waals surface area contributed by atoms with Crippen LogP contribution in [0.2, 0.25) is 0 Å². The molecule has 0 spiro atoms. The SMILES string of the molecule is CCCCC(CN(CCO)Cc1ccccc1)OCC. The maximum atomic E-state index is 9.25. The first-order chi connectivity index (χ1) is 9.80. The summed E-state index contributed by atoms with van der Waals surface area (Å²) >= 11 is 0. The number of benzene rings is 1. The van der Waals surface area contributed by atoms with Gasteiger partial charge in [0.25, 0.3) is 0 Å². The predicted octanol–water partition coefficient (Wildman–Crippen LogP) is 3.08. The number of hydrogen-bond acceptors (Lipinski definition) is 3. The Morgan fingerprint density at radius 3 is 2.55 bits per heavy atom. The summed E-state index contributed by atoms with van der Waals surface area (Å²) in [7, 11) is 0. The molecular formula is C17H29NO2. The normalized spacial score (nSPS) is 12.8. The van der Waals surface area contributed by atoms with Crippen LogP contribution in [0.4, 0.5) is 0 Å². The monoisotopic (exact) mass is 279 g/mol. The predicted molar refractivity (Wildman–Crippen MR) is 83.7 cm³/mol. The first kappa shape index (κ1) is 17.2. The highest BCUT2D eigenvalue weighted by atomic mass is 16.5. The Morgan fingerprint density at radius 1 is 1.20 bits per heavy atom. The van der Waals surface area contributed by atoms with Gasteiger partial charge in [-0.1, -0.05) is 50.1 Å². The molecule has 1 aromatic carbocycles. The summed E-state index contributed by atoms with van der Waals surface area (Å²) in [5.74, 6) is 0. The Morgan fingerprint density at radius 2 is 1.95 bits per heavy atom. The molecule has 1 atom stereocenters. The number of unbranched alkanes of at least 4 members (excludes halogenated alkanes) is 1. The molecular weight excluding hydrogens is 250 g/mol. The quantitative estimate of drug-likeness (QED) is 0.675. The molecule has 114 valence electrons. The van der Waals surface area contributed by atoms with Crippen molar-refractivity contribution in [2.24, 2.45) is 0 Å². The molecule has 0 amide bonds. The lowest BCUT2D eigenvalue weighted by molar-refractivity contribution is 0.0213. The van der Waals surface area contributed by atoms with Crippen molar-refractivity contribution in [1.82, 2.24) is 4.90 Å². The van der Waals surface area contributed by atoms with Crippen LogP contribution in [-0.2, 0) is 11.3 Å². The van der Waals surface area contributed by atoms with E-state index in [0.717, 1.165) is 26.1 Å². The van der Waals surface area contributed by atoms with Gasteiger partial charge in [0.2, 0.25) is 0 Å². The van der Waals surface area contributed by atoms with E-state index in [9.17, 15) is 5.11 Å². The van der Waals surface area contributed by atoms with Gasteiger partial charge in [0.1, 0.15) is 0 Å². The molecule has 1 rings (SSSR count). The van der Waals surface area contributed by atoms with E-state index in [-0.39, 0.29) is 12.7 Å². The summed E-state index contributed by atoms with van der Waals surface area (Å²) in [6.45, 7) is 7.67. The van der Waals surface area contributed by atoms with Gasteiger partial charge in [-0.3, -0.25) is 4.90 Å². The minimum absolute atomic E-state index is 0.194. The molecule has 1 unspecified atom stereocenters. The molecule has 0 fully saturated rings. The van der Waals surface area contributed by atoms with Gasteiger partial charge in [-0.15, -0.1) is 0 Å². The van der Waals surface area contributed by atoms with Crippen molar-refractivity contribution in [2.45, 2.75) is 45.8 Å². The van der Waals surface area contributed by atoms with Crippen LogP contribution >= 0.6 is 0 Å². The molecule has 1 aromatic rings. The van der Waals surface area contributed by atoms with Crippen LogP contribution in [0, 0.1) is 0 Å². The van der Waals surface area contributed by atoms with Gasteiger partial charge in [-0.25, -0.2) is 0 Å². The first-order valence-corrected chi connectivity index (χ1v) is 7.78. The van der Waals surface area contributed by atoms with E-state index in [4.69, 9.17) is 4.74 Å². The fourth-order valence-electron chi connectivity index (χ4n) is 2.40. The number of aliphatic hydroxyl groups excluding tert-OH is 1. The molecule has 0 saturated carbocycles. The van der Waals surface area contributed by atoms with E-state index in [1.807, 2.05) is 13.0 Å². The Labute approximate surface area is 123 Å². The van der Waals surface area contributed by atoms with Gasteiger partial charge in [-0.2, -0.15) is 0 Å². The summed E-state index contributed by atoms with van der Waals surface area (Å²) in [6.07, 6.45) is 3.77. The number of hydrogen-bond donors (Lipinski definition) is 1. The average molecular weight is 279 g/mol. The van der Waals surface area contributed by atoms with Gasteiger partial charge in [-0.05, 0) is 18.9 Å². The average Bonchev–Trinajstić information content (AvgIpc) is 2.46. The van der Waals surface area contributed by atoms with Crippen molar-refractivity contribution in [3.05, 3.63) is 35.9 Å². The molecule has 0 radical (unpaired) electrons. The lowest BCUT2D eigenvalue weighted by Gasteiger charge is -2.27. The third-order valence-corrected chi connectivity index (χ3v) is 3.41. The smallest absolute Gasteiger partial charge is 0.0702 e. The molecule has 0 aliphatic carbocycles. The number of aliphatic hydroxyl groups is 1. The maximum absolute atomic E-state index is 9.25. The molecule has 3 nitrogen and oxygen atoms in total. The largest absolute Gasteiger partial charge is 0.395 e. The zero-order valence-electron chi connectivity index (χ0n) is 12.9. The van der Waals surface area contributed by atoms with E-state index < -0.39 is 0 Å². The Bertz CT molecular complexity index is 329. The van der Waals surface area contributed by atoms with Crippen LogP contribution in [0.25, 0.3) is 0 Å². The second-order valence-electron chi connectivity index (χ2n) is 5.16. The molecule has 20 heavy (non-hydrogen) atoms. The standard InChI is InChI=1S/C17H29NO2/c1-3-5-11-17(20-4-2)15-18(12-13-19)14-16-9-7-6-8-10-16/h6-10,17,19H,3-5,11-15H2,1-2H3. The van der Waals surface area contributed by atoms with Crippen LogP contribution in [0.5, 0.6) is 0 Å². The van der Waals surface area contributed by atoms with E-state index in [0.29, 0.717) is 6.54 Å².